The fourth-order valence-corrected chi connectivity index (χ4v) is 1.77. The lowest BCUT2D eigenvalue weighted by Crippen LogP contribution is -2.48. The molecule has 1 rings (SSSR count). The number of urea groups is 1. The van der Waals surface area contributed by atoms with Crippen LogP contribution in [0.25, 0.3) is 0 Å². The molecule has 7 nitrogen and oxygen atoms in total. The molecule has 90 valence electrons. The number of hydrogen-bond acceptors (Lipinski definition) is 3. The monoisotopic (exact) mass is 229 g/mol. The van der Waals surface area contributed by atoms with Crippen molar-refractivity contribution >= 4 is 17.9 Å². The molecule has 7 heteroatoms. The van der Waals surface area contributed by atoms with Gasteiger partial charge in [0.2, 0.25) is 5.91 Å². The van der Waals surface area contributed by atoms with Crippen LogP contribution < -0.4 is 5.73 Å². The number of carboxylic acid groups (broad SMARTS) is 1. The highest BCUT2D eigenvalue weighted by molar-refractivity contribution is 5.86. The Hall–Kier alpha value is -1.79. The van der Waals surface area contributed by atoms with Crippen molar-refractivity contribution in [3.8, 4) is 0 Å². The van der Waals surface area contributed by atoms with E-state index in [-0.39, 0.29) is 6.54 Å². The van der Waals surface area contributed by atoms with Crippen LogP contribution in [0, 0.1) is 0 Å². The first-order chi connectivity index (χ1) is 7.43. The lowest BCUT2D eigenvalue weighted by Gasteiger charge is -2.26. The lowest BCUT2D eigenvalue weighted by atomic mass is 10.2. The van der Waals surface area contributed by atoms with Gasteiger partial charge in [-0.1, -0.05) is 0 Å². The van der Waals surface area contributed by atoms with E-state index in [2.05, 4.69) is 0 Å². The molecule has 0 radical (unpaired) electrons. The highest BCUT2D eigenvalue weighted by atomic mass is 16.4. The molecule has 0 aromatic heterocycles. The van der Waals surface area contributed by atoms with Crippen LogP contribution in [0.2, 0.25) is 0 Å². The Labute approximate surface area is 92.8 Å². The smallest absolute Gasteiger partial charge is 0.326 e. The summed E-state index contributed by atoms with van der Waals surface area (Å²) in [6.07, 6.45) is 1.11. The predicted molar refractivity (Wildman–Crippen MR) is 54.6 cm³/mol. The molecular weight excluding hydrogens is 214 g/mol. The number of nitrogens with zero attached hydrogens (tertiary/aromatic N) is 2. The number of primary amides is 1. The number of likely N-dealkylation sites (tertiary alicyclic amines) is 1. The van der Waals surface area contributed by atoms with Crippen LogP contribution in [0.15, 0.2) is 0 Å². The average molecular weight is 229 g/mol. The number of rotatable bonds is 3. The van der Waals surface area contributed by atoms with Gasteiger partial charge in [0.25, 0.3) is 0 Å². The first kappa shape index (κ1) is 12.3. The van der Waals surface area contributed by atoms with Gasteiger partial charge in [0, 0.05) is 13.6 Å². The Morgan fingerprint density at radius 3 is 2.62 bits per heavy atom. The van der Waals surface area contributed by atoms with E-state index in [4.69, 9.17) is 10.8 Å². The molecule has 0 spiro atoms. The highest BCUT2D eigenvalue weighted by Gasteiger charge is 2.35. The molecule has 0 saturated carbocycles. The van der Waals surface area contributed by atoms with Crippen LogP contribution in [-0.2, 0) is 9.59 Å². The second-order valence-electron chi connectivity index (χ2n) is 3.79. The summed E-state index contributed by atoms with van der Waals surface area (Å²) >= 11 is 0. The van der Waals surface area contributed by atoms with Crippen molar-refractivity contribution in [1.82, 2.24) is 9.80 Å². The Bertz CT molecular complexity index is 318. The maximum Gasteiger partial charge on any atom is 0.326 e. The summed E-state index contributed by atoms with van der Waals surface area (Å²) in [7, 11) is 1.42. The molecule has 1 aliphatic rings. The van der Waals surface area contributed by atoms with E-state index in [9.17, 15) is 14.4 Å². The third-order valence-corrected chi connectivity index (χ3v) is 2.50. The van der Waals surface area contributed by atoms with Crippen LogP contribution in [0.1, 0.15) is 12.8 Å². The fourth-order valence-electron chi connectivity index (χ4n) is 1.77. The number of amides is 3. The lowest BCUT2D eigenvalue weighted by molar-refractivity contribution is -0.141. The van der Waals surface area contributed by atoms with Crippen molar-refractivity contribution in [3.63, 3.8) is 0 Å². The number of carbonyl (C=O) groups is 3. The number of carboxylic acids is 1. The average Bonchev–Trinajstić information content (AvgIpc) is 2.63. The zero-order chi connectivity index (χ0) is 12.3. The molecule has 3 amide bonds. The molecular formula is C9H15N3O4. The number of carbonyl (C=O) groups excluding carboxylic acids is 2. The summed E-state index contributed by atoms with van der Waals surface area (Å²) in [6.45, 7) is 0.195. The van der Waals surface area contributed by atoms with E-state index in [1.165, 1.54) is 11.9 Å². The molecule has 0 bridgehead atoms. The second-order valence-corrected chi connectivity index (χ2v) is 3.79. The minimum atomic E-state index is -1.02. The fraction of sp³-hybridized carbons (Fsp3) is 0.667. The summed E-state index contributed by atoms with van der Waals surface area (Å²) in [4.78, 5) is 35.7. The van der Waals surface area contributed by atoms with Crippen LogP contribution in [0.3, 0.4) is 0 Å². The SMILES string of the molecule is CN(CC(N)=O)C(=O)N1CCC[C@H]1C(=O)O. The molecule has 1 saturated heterocycles. The molecule has 0 unspecified atom stereocenters. The van der Waals surface area contributed by atoms with E-state index < -0.39 is 23.9 Å². The zero-order valence-electron chi connectivity index (χ0n) is 9.05. The number of aliphatic carboxylic acids is 1. The highest BCUT2D eigenvalue weighted by Crippen LogP contribution is 2.18. The minimum Gasteiger partial charge on any atom is -0.480 e. The van der Waals surface area contributed by atoms with Gasteiger partial charge in [-0.25, -0.2) is 9.59 Å². The predicted octanol–water partition coefficient (Wildman–Crippen LogP) is -0.927. The van der Waals surface area contributed by atoms with E-state index in [0.29, 0.717) is 19.4 Å². The zero-order valence-corrected chi connectivity index (χ0v) is 9.05. The second kappa shape index (κ2) is 4.82. The topological polar surface area (TPSA) is 104 Å². The van der Waals surface area contributed by atoms with Crippen LogP contribution >= 0.6 is 0 Å². The molecule has 16 heavy (non-hydrogen) atoms. The van der Waals surface area contributed by atoms with E-state index in [0.717, 1.165) is 4.90 Å². The van der Waals surface area contributed by atoms with Gasteiger partial charge in [-0.2, -0.15) is 0 Å². The third-order valence-electron chi connectivity index (χ3n) is 2.50. The van der Waals surface area contributed by atoms with Crippen LogP contribution in [-0.4, -0.2) is 59.0 Å². The number of nitrogens with two attached hydrogens (primary N) is 1. The molecule has 0 aromatic carbocycles. The van der Waals surface area contributed by atoms with Gasteiger partial charge in [0.1, 0.15) is 12.6 Å². The van der Waals surface area contributed by atoms with Crippen molar-refractivity contribution < 1.29 is 19.5 Å². The van der Waals surface area contributed by atoms with Gasteiger partial charge in [0.15, 0.2) is 0 Å². The summed E-state index contributed by atoms with van der Waals surface area (Å²) in [5.74, 6) is -1.64. The summed E-state index contributed by atoms with van der Waals surface area (Å²) in [5.41, 5.74) is 4.96. The van der Waals surface area contributed by atoms with Crippen molar-refractivity contribution in [2.24, 2.45) is 5.73 Å². The van der Waals surface area contributed by atoms with E-state index in [1.54, 1.807) is 0 Å². The van der Waals surface area contributed by atoms with Crippen molar-refractivity contribution in [2.45, 2.75) is 18.9 Å². The third kappa shape index (κ3) is 2.62. The molecule has 1 heterocycles. The van der Waals surface area contributed by atoms with E-state index in [1.807, 2.05) is 0 Å². The Balaban J connectivity index is 2.65. The first-order valence-electron chi connectivity index (χ1n) is 4.96. The maximum atomic E-state index is 11.8. The van der Waals surface area contributed by atoms with E-state index >= 15 is 0 Å². The minimum absolute atomic E-state index is 0.207. The van der Waals surface area contributed by atoms with Crippen LogP contribution in [0.5, 0.6) is 0 Å². The number of hydrogen-bond donors (Lipinski definition) is 2. The quantitative estimate of drug-likeness (QED) is 0.652. The van der Waals surface area contributed by atoms with Crippen LogP contribution in [0.4, 0.5) is 4.79 Å². The number of likely N-dealkylation sites (N-methyl/N-ethyl adjacent to an activating group) is 1. The van der Waals surface area contributed by atoms with Gasteiger partial charge in [-0.3, -0.25) is 4.79 Å². The largest absolute Gasteiger partial charge is 0.480 e. The molecule has 1 fully saturated rings. The van der Waals surface area contributed by atoms with Crippen molar-refractivity contribution in [1.29, 1.82) is 0 Å². The molecule has 1 aliphatic heterocycles. The van der Waals surface area contributed by atoms with Crippen molar-refractivity contribution in [2.75, 3.05) is 20.1 Å². The van der Waals surface area contributed by atoms with Gasteiger partial charge in [-0.05, 0) is 12.8 Å². The maximum absolute atomic E-state index is 11.8. The van der Waals surface area contributed by atoms with Gasteiger partial charge >= 0.3 is 12.0 Å². The molecule has 0 aliphatic carbocycles. The van der Waals surface area contributed by atoms with Gasteiger partial charge in [0.05, 0.1) is 0 Å². The summed E-state index contributed by atoms with van der Waals surface area (Å²) in [6, 6.07) is -1.26. The first-order valence-corrected chi connectivity index (χ1v) is 4.96. The van der Waals surface area contributed by atoms with Crippen molar-refractivity contribution in [3.05, 3.63) is 0 Å². The summed E-state index contributed by atoms with van der Waals surface area (Å²) < 4.78 is 0. The summed E-state index contributed by atoms with van der Waals surface area (Å²) in [5, 5.41) is 8.89. The Kier molecular flexibility index (Phi) is 3.70. The normalized spacial score (nSPS) is 19.6. The Morgan fingerprint density at radius 2 is 2.12 bits per heavy atom. The standard InChI is InChI=1S/C9H15N3O4/c1-11(5-7(10)13)9(16)12-4-2-3-6(12)8(14)15/h6H,2-5H2,1H3,(H2,10,13)(H,14,15)/t6-/m0/s1. The Morgan fingerprint density at radius 1 is 1.50 bits per heavy atom. The molecule has 1 atom stereocenters. The van der Waals surface area contributed by atoms with Gasteiger partial charge in [-0.15, -0.1) is 0 Å². The molecule has 0 aromatic rings. The van der Waals surface area contributed by atoms with Gasteiger partial charge < -0.3 is 20.6 Å². The molecule has 3 N–H and O–H groups in total.